The number of carboxylic acid groups (broad SMARTS) is 2. The second-order valence-electron chi connectivity index (χ2n) is 9.61. The minimum Gasteiger partial charge on any atom is -0.475 e. The lowest BCUT2D eigenvalue weighted by Crippen LogP contribution is -2.45. The van der Waals surface area contributed by atoms with Crippen LogP contribution in [0.3, 0.4) is 0 Å². The first-order valence-corrected chi connectivity index (χ1v) is 11.7. The third-order valence-electron chi connectivity index (χ3n) is 6.76. The number of hydrogen-bond acceptors (Lipinski definition) is 6. The van der Waals surface area contributed by atoms with Crippen LogP contribution in [0.5, 0.6) is 0 Å². The van der Waals surface area contributed by atoms with Crippen molar-refractivity contribution < 1.29 is 55.3 Å². The van der Waals surface area contributed by atoms with Crippen LogP contribution in [0.15, 0.2) is 22.8 Å². The van der Waals surface area contributed by atoms with Crippen molar-refractivity contribution in [2.24, 2.45) is 17.3 Å². The van der Waals surface area contributed by atoms with Gasteiger partial charge < -0.3 is 24.3 Å². The number of halogens is 6. The molecular formula is C23H32F6N2O6. The number of nitrogens with zero attached hydrogens (tertiary/aromatic N) is 2. The Labute approximate surface area is 210 Å². The summed E-state index contributed by atoms with van der Waals surface area (Å²) in [6.07, 6.45) is -2.79. The number of methoxy groups -OCH3 is 1. The van der Waals surface area contributed by atoms with Crippen molar-refractivity contribution in [1.29, 1.82) is 0 Å². The Morgan fingerprint density at radius 2 is 1.59 bits per heavy atom. The summed E-state index contributed by atoms with van der Waals surface area (Å²) in [5.41, 5.74) is 0.461. The average molecular weight is 547 g/mol. The second-order valence-corrected chi connectivity index (χ2v) is 9.61. The number of furan rings is 1. The molecule has 0 radical (unpaired) electrons. The summed E-state index contributed by atoms with van der Waals surface area (Å²) in [6, 6.07) is 4.08. The maximum Gasteiger partial charge on any atom is 0.490 e. The first kappa shape index (κ1) is 30.9. The van der Waals surface area contributed by atoms with Gasteiger partial charge in [0.15, 0.2) is 0 Å². The number of aliphatic carboxylic acids is 2. The predicted molar refractivity (Wildman–Crippen MR) is 118 cm³/mol. The minimum atomic E-state index is -5.08. The van der Waals surface area contributed by atoms with Gasteiger partial charge in [-0.1, -0.05) is 0 Å². The summed E-state index contributed by atoms with van der Waals surface area (Å²) in [4.78, 5) is 23.1. The lowest BCUT2D eigenvalue weighted by Gasteiger charge is -2.42. The highest BCUT2D eigenvalue weighted by atomic mass is 19.4. The third kappa shape index (κ3) is 10.2. The molecule has 14 heteroatoms. The summed E-state index contributed by atoms with van der Waals surface area (Å²) in [5, 5.41) is 14.2. The van der Waals surface area contributed by atoms with E-state index in [0.29, 0.717) is 11.3 Å². The number of rotatable bonds is 6. The molecule has 2 N–H and O–H groups in total. The van der Waals surface area contributed by atoms with Gasteiger partial charge in [0.05, 0.1) is 19.4 Å². The largest absolute Gasteiger partial charge is 0.490 e. The molecule has 3 aliphatic rings. The van der Waals surface area contributed by atoms with Gasteiger partial charge in [-0.3, -0.25) is 4.90 Å². The highest BCUT2D eigenvalue weighted by Crippen LogP contribution is 2.45. The molecule has 1 aliphatic carbocycles. The van der Waals surface area contributed by atoms with E-state index in [2.05, 4.69) is 15.9 Å². The van der Waals surface area contributed by atoms with Crippen LogP contribution in [0.2, 0.25) is 0 Å². The summed E-state index contributed by atoms with van der Waals surface area (Å²) in [6.45, 7) is 8.12. The molecule has 1 aromatic heterocycles. The van der Waals surface area contributed by atoms with Crippen LogP contribution in [-0.2, 0) is 20.9 Å². The number of piperidine rings is 1. The van der Waals surface area contributed by atoms with Crippen molar-refractivity contribution in [3.63, 3.8) is 0 Å². The molecule has 4 rings (SSSR count). The fourth-order valence-electron chi connectivity index (χ4n) is 4.73. The molecule has 37 heavy (non-hydrogen) atoms. The van der Waals surface area contributed by atoms with Crippen molar-refractivity contribution in [1.82, 2.24) is 9.80 Å². The Morgan fingerprint density at radius 1 is 1.05 bits per heavy atom. The molecule has 1 spiro atoms. The SMILES string of the molecule is COCC1CN(Cc2ccco2)CC12CCN(CC1CC1)CC2.O=C(O)C(F)(F)F.O=C(O)C(F)(F)F. The number of hydrogen-bond donors (Lipinski definition) is 2. The van der Waals surface area contributed by atoms with Crippen LogP contribution < -0.4 is 0 Å². The van der Waals surface area contributed by atoms with Gasteiger partial charge >= 0.3 is 24.3 Å². The molecule has 212 valence electrons. The molecule has 1 saturated carbocycles. The zero-order chi connectivity index (χ0) is 27.9. The summed E-state index contributed by atoms with van der Waals surface area (Å²) in [7, 11) is 1.85. The van der Waals surface area contributed by atoms with Gasteiger partial charge in [0.2, 0.25) is 0 Å². The monoisotopic (exact) mass is 546 g/mol. The van der Waals surface area contributed by atoms with Gasteiger partial charge in [-0.15, -0.1) is 0 Å². The van der Waals surface area contributed by atoms with E-state index < -0.39 is 24.3 Å². The van der Waals surface area contributed by atoms with Crippen LogP contribution in [0.25, 0.3) is 0 Å². The van der Waals surface area contributed by atoms with Gasteiger partial charge in [-0.25, -0.2) is 9.59 Å². The Kier molecular flexibility index (Phi) is 10.8. The van der Waals surface area contributed by atoms with E-state index >= 15 is 0 Å². The van der Waals surface area contributed by atoms with E-state index in [9.17, 15) is 26.3 Å². The standard InChI is InChI=1S/C19H30N2O2.2C2HF3O2/c1-22-14-17-12-21(13-18-3-2-10-23-18)15-19(17)6-8-20(9-7-19)11-16-4-5-16;2*3-2(4,5)1(6)7/h2-3,10,16-17H,4-9,11-15H2,1H3;2*(H,6,7). The van der Waals surface area contributed by atoms with Crippen molar-refractivity contribution in [2.45, 2.75) is 44.6 Å². The molecule has 0 aromatic carbocycles. The quantitative estimate of drug-likeness (QED) is 0.514. The van der Waals surface area contributed by atoms with E-state index in [1.165, 1.54) is 51.9 Å². The van der Waals surface area contributed by atoms with Crippen molar-refractivity contribution in [3.8, 4) is 0 Å². The number of ether oxygens (including phenoxy) is 1. The molecule has 0 bridgehead atoms. The van der Waals surface area contributed by atoms with Gasteiger partial charge in [0.1, 0.15) is 5.76 Å². The highest BCUT2D eigenvalue weighted by Gasteiger charge is 2.48. The molecule has 3 fully saturated rings. The maximum absolute atomic E-state index is 10.6. The van der Waals surface area contributed by atoms with Gasteiger partial charge in [0.25, 0.3) is 0 Å². The van der Waals surface area contributed by atoms with Crippen LogP contribution in [0.1, 0.15) is 31.4 Å². The van der Waals surface area contributed by atoms with E-state index in [-0.39, 0.29) is 0 Å². The normalized spacial score (nSPS) is 22.1. The highest BCUT2D eigenvalue weighted by molar-refractivity contribution is 5.73. The number of alkyl halides is 6. The second kappa shape index (κ2) is 13.0. The molecule has 1 atom stereocenters. The summed E-state index contributed by atoms with van der Waals surface area (Å²) in [5.74, 6) is -2.74. The van der Waals surface area contributed by atoms with Gasteiger partial charge in [-0.2, -0.15) is 26.3 Å². The van der Waals surface area contributed by atoms with Crippen molar-refractivity contribution in [3.05, 3.63) is 24.2 Å². The Hall–Kier alpha value is -2.32. The molecular weight excluding hydrogens is 514 g/mol. The number of carboxylic acids is 2. The molecule has 1 aromatic rings. The lowest BCUT2D eigenvalue weighted by atomic mass is 9.71. The molecule has 8 nitrogen and oxygen atoms in total. The number of likely N-dealkylation sites (tertiary alicyclic amines) is 2. The van der Waals surface area contributed by atoms with Crippen LogP contribution in [0, 0.1) is 17.3 Å². The topological polar surface area (TPSA) is 103 Å². The smallest absolute Gasteiger partial charge is 0.475 e. The molecule has 0 amide bonds. The van der Waals surface area contributed by atoms with E-state index in [1.54, 1.807) is 6.26 Å². The van der Waals surface area contributed by atoms with Crippen molar-refractivity contribution >= 4 is 11.9 Å². The zero-order valence-corrected chi connectivity index (χ0v) is 20.4. The fraction of sp³-hybridized carbons (Fsp3) is 0.739. The average Bonchev–Trinajstić information content (AvgIpc) is 3.34. The Morgan fingerprint density at radius 3 is 2.00 bits per heavy atom. The van der Waals surface area contributed by atoms with Gasteiger partial charge in [0, 0.05) is 32.7 Å². The Balaban J connectivity index is 0.000000286. The first-order valence-electron chi connectivity index (χ1n) is 11.7. The van der Waals surface area contributed by atoms with E-state index in [4.69, 9.17) is 29.0 Å². The first-order chi connectivity index (χ1) is 17.2. The minimum absolute atomic E-state index is 0.461. The summed E-state index contributed by atoms with van der Waals surface area (Å²) >= 11 is 0. The third-order valence-corrected chi connectivity index (χ3v) is 6.76. The molecule has 1 unspecified atom stereocenters. The van der Waals surface area contributed by atoms with Crippen LogP contribution in [0.4, 0.5) is 26.3 Å². The van der Waals surface area contributed by atoms with Crippen LogP contribution in [-0.4, -0.2) is 90.7 Å². The molecule has 3 heterocycles. The zero-order valence-electron chi connectivity index (χ0n) is 20.4. The summed E-state index contributed by atoms with van der Waals surface area (Å²) < 4.78 is 74.6. The van der Waals surface area contributed by atoms with E-state index in [1.807, 2.05) is 13.2 Å². The van der Waals surface area contributed by atoms with E-state index in [0.717, 1.165) is 31.4 Å². The fourth-order valence-corrected chi connectivity index (χ4v) is 4.73. The van der Waals surface area contributed by atoms with Crippen molar-refractivity contribution in [2.75, 3.05) is 46.4 Å². The number of carbonyl (C=O) groups is 2. The van der Waals surface area contributed by atoms with Gasteiger partial charge in [-0.05, 0) is 62.2 Å². The molecule has 2 saturated heterocycles. The Bertz CT molecular complexity index is 825. The predicted octanol–water partition coefficient (Wildman–Crippen LogP) is 4.12. The van der Waals surface area contributed by atoms with Crippen LogP contribution >= 0.6 is 0 Å². The maximum atomic E-state index is 10.6. The lowest BCUT2D eigenvalue weighted by molar-refractivity contribution is -0.193. The molecule has 2 aliphatic heterocycles.